The summed E-state index contributed by atoms with van der Waals surface area (Å²) in [6.07, 6.45) is 1.81. The van der Waals surface area contributed by atoms with E-state index in [2.05, 4.69) is 16.8 Å². The van der Waals surface area contributed by atoms with Gasteiger partial charge in [0.25, 0.3) is 0 Å². The Hall–Kier alpha value is -2.60. The molecule has 0 N–H and O–H groups in total. The number of allylic oxidation sites excluding steroid dienone is 1. The summed E-state index contributed by atoms with van der Waals surface area (Å²) in [5.74, 6) is 2.00. The molecule has 3 rings (SSSR count). The minimum absolute atomic E-state index is 0.232. The molecule has 0 saturated carbocycles. The van der Waals surface area contributed by atoms with Gasteiger partial charge in [-0.1, -0.05) is 42.1 Å². The number of aromatic nitrogens is 3. The maximum Gasteiger partial charge on any atom is 0.191 e. The number of hydrogen-bond donors (Lipinski definition) is 0. The van der Waals surface area contributed by atoms with Crippen molar-refractivity contribution in [2.75, 3.05) is 0 Å². The smallest absolute Gasteiger partial charge is 0.191 e. The van der Waals surface area contributed by atoms with Gasteiger partial charge in [-0.05, 0) is 42.3 Å². The number of aryl methyl sites for hydroxylation is 1. The largest absolute Gasteiger partial charge is 0.486 e. The number of halogens is 1. The van der Waals surface area contributed by atoms with E-state index in [4.69, 9.17) is 4.74 Å². The number of ether oxygens (including phenoxy) is 1. The average Bonchev–Trinajstić information content (AvgIpc) is 3.02. The third kappa shape index (κ3) is 4.73. The summed E-state index contributed by atoms with van der Waals surface area (Å²) in [7, 11) is 0. The molecular formula is C20H20FN3OS. The van der Waals surface area contributed by atoms with Crippen molar-refractivity contribution in [1.29, 1.82) is 0 Å². The van der Waals surface area contributed by atoms with Crippen molar-refractivity contribution in [3.8, 4) is 5.75 Å². The molecule has 26 heavy (non-hydrogen) atoms. The fourth-order valence-corrected chi connectivity index (χ4v) is 3.35. The van der Waals surface area contributed by atoms with Gasteiger partial charge in [0.2, 0.25) is 0 Å². The second-order valence-electron chi connectivity index (χ2n) is 5.82. The van der Waals surface area contributed by atoms with E-state index < -0.39 is 0 Å². The Morgan fingerprint density at radius 1 is 1.19 bits per heavy atom. The van der Waals surface area contributed by atoms with Crippen LogP contribution >= 0.6 is 11.8 Å². The Morgan fingerprint density at radius 2 is 2.00 bits per heavy atom. The highest BCUT2D eigenvalue weighted by atomic mass is 32.2. The van der Waals surface area contributed by atoms with Crippen molar-refractivity contribution in [3.05, 3.63) is 84.0 Å². The summed E-state index contributed by atoms with van der Waals surface area (Å²) in [4.78, 5) is 0. The first-order valence-corrected chi connectivity index (χ1v) is 9.24. The van der Waals surface area contributed by atoms with Crippen LogP contribution in [0.5, 0.6) is 5.75 Å². The van der Waals surface area contributed by atoms with Crippen molar-refractivity contribution in [2.24, 2.45) is 0 Å². The molecule has 134 valence electrons. The third-order valence-corrected chi connectivity index (χ3v) is 4.78. The normalized spacial score (nSPS) is 10.7. The van der Waals surface area contributed by atoms with Gasteiger partial charge in [-0.3, -0.25) is 4.57 Å². The molecule has 0 aliphatic carbocycles. The SMILES string of the molecule is C=CCn1c(COc2cccc(C)c2)nnc1SCc1ccc(F)cc1. The Kier molecular flexibility index (Phi) is 6.07. The first kappa shape index (κ1) is 18.2. The summed E-state index contributed by atoms with van der Waals surface area (Å²) in [6.45, 7) is 6.77. The van der Waals surface area contributed by atoms with E-state index in [0.717, 1.165) is 27.9 Å². The molecule has 0 unspecified atom stereocenters. The lowest BCUT2D eigenvalue weighted by Crippen LogP contribution is -2.07. The quantitative estimate of drug-likeness (QED) is 0.423. The zero-order valence-corrected chi connectivity index (χ0v) is 15.4. The zero-order chi connectivity index (χ0) is 18.4. The van der Waals surface area contributed by atoms with E-state index in [0.29, 0.717) is 18.9 Å². The molecule has 2 aromatic carbocycles. The highest BCUT2D eigenvalue weighted by Gasteiger charge is 2.12. The van der Waals surface area contributed by atoms with Crippen LogP contribution in [0, 0.1) is 12.7 Å². The van der Waals surface area contributed by atoms with Gasteiger partial charge < -0.3 is 4.74 Å². The molecule has 1 aromatic heterocycles. The monoisotopic (exact) mass is 369 g/mol. The maximum absolute atomic E-state index is 13.0. The molecule has 0 atom stereocenters. The van der Waals surface area contributed by atoms with Gasteiger partial charge >= 0.3 is 0 Å². The van der Waals surface area contributed by atoms with E-state index in [9.17, 15) is 4.39 Å². The fraction of sp³-hybridized carbons (Fsp3) is 0.200. The summed E-state index contributed by atoms with van der Waals surface area (Å²) < 4.78 is 20.8. The summed E-state index contributed by atoms with van der Waals surface area (Å²) >= 11 is 1.55. The van der Waals surface area contributed by atoms with E-state index in [1.165, 1.54) is 12.1 Å². The molecule has 0 amide bonds. The van der Waals surface area contributed by atoms with Crippen LogP contribution in [-0.4, -0.2) is 14.8 Å². The Labute approximate surface area is 156 Å². The molecule has 6 heteroatoms. The minimum Gasteiger partial charge on any atom is -0.486 e. The van der Waals surface area contributed by atoms with Crippen LogP contribution in [0.15, 0.2) is 66.3 Å². The van der Waals surface area contributed by atoms with Crippen LogP contribution in [0.25, 0.3) is 0 Å². The molecule has 0 aliphatic rings. The first-order chi connectivity index (χ1) is 12.7. The molecule has 0 fully saturated rings. The van der Waals surface area contributed by atoms with Crippen molar-refractivity contribution in [3.63, 3.8) is 0 Å². The summed E-state index contributed by atoms with van der Waals surface area (Å²) in [6, 6.07) is 14.4. The van der Waals surface area contributed by atoms with Gasteiger partial charge in [-0.2, -0.15) is 0 Å². The number of rotatable bonds is 8. The summed E-state index contributed by atoms with van der Waals surface area (Å²) in [5, 5.41) is 9.32. The van der Waals surface area contributed by atoms with Crippen LogP contribution in [-0.2, 0) is 18.9 Å². The molecule has 0 spiro atoms. The first-order valence-electron chi connectivity index (χ1n) is 8.25. The molecule has 0 aliphatic heterocycles. The highest BCUT2D eigenvalue weighted by Crippen LogP contribution is 2.23. The molecule has 3 aromatic rings. The molecule has 0 saturated heterocycles. The van der Waals surface area contributed by atoms with Crippen molar-refractivity contribution >= 4 is 11.8 Å². The second kappa shape index (κ2) is 8.67. The number of nitrogens with zero attached hydrogens (tertiary/aromatic N) is 3. The molecule has 1 heterocycles. The van der Waals surface area contributed by atoms with Crippen LogP contribution in [0.2, 0.25) is 0 Å². The van der Waals surface area contributed by atoms with E-state index in [1.54, 1.807) is 23.9 Å². The van der Waals surface area contributed by atoms with Crippen LogP contribution in [0.4, 0.5) is 4.39 Å². The van der Waals surface area contributed by atoms with Gasteiger partial charge in [0.05, 0.1) is 0 Å². The third-order valence-electron chi connectivity index (χ3n) is 3.74. The topological polar surface area (TPSA) is 39.9 Å². The van der Waals surface area contributed by atoms with Gasteiger partial charge in [0.15, 0.2) is 11.0 Å². The number of thioether (sulfide) groups is 1. The van der Waals surface area contributed by atoms with E-state index in [-0.39, 0.29) is 5.82 Å². The minimum atomic E-state index is -0.232. The molecule has 4 nitrogen and oxygen atoms in total. The lowest BCUT2D eigenvalue weighted by atomic mass is 10.2. The fourth-order valence-electron chi connectivity index (χ4n) is 2.43. The Balaban J connectivity index is 1.68. The number of benzene rings is 2. The lowest BCUT2D eigenvalue weighted by Gasteiger charge is -2.09. The maximum atomic E-state index is 13.0. The lowest BCUT2D eigenvalue weighted by molar-refractivity contribution is 0.289. The van der Waals surface area contributed by atoms with Crippen molar-refractivity contribution in [2.45, 2.75) is 31.0 Å². The predicted octanol–water partition coefficient (Wildman–Crippen LogP) is 4.78. The second-order valence-corrected chi connectivity index (χ2v) is 6.76. The van der Waals surface area contributed by atoms with Crippen LogP contribution in [0.1, 0.15) is 17.0 Å². The summed E-state index contributed by atoms with van der Waals surface area (Å²) in [5.41, 5.74) is 2.17. The average molecular weight is 369 g/mol. The Morgan fingerprint density at radius 3 is 2.73 bits per heavy atom. The van der Waals surface area contributed by atoms with Crippen molar-refractivity contribution in [1.82, 2.24) is 14.8 Å². The standard InChI is InChI=1S/C20H20FN3OS/c1-3-11-24-19(13-25-18-6-4-5-15(2)12-18)22-23-20(24)26-14-16-7-9-17(21)10-8-16/h3-10,12H,1,11,13-14H2,2H3. The van der Waals surface area contributed by atoms with Crippen LogP contribution in [0.3, 0.4) is 0 Å². The molecule has 0 radical (unpaired) electrons. The predicted molar refractivity (Wildman–Crippen MR) is 102 cm³/mol. The molecular weight excluding hydrogens is 349 g/mol. The zero-order valence-electron chi connectivity index (χ0n) is 14.6. The van der Waals surface area contributed by atoms with Gasteiger partial charge in [0, 0.05) is 12.3 Å². The van der Waals surface area contributed by atoms with E-state index in [1.807, 2.05) is 41.8 Å². The highest BCUT2D eigenvalue weighted by molar-refractivity contribution is 7.98. The molecule has 0 bridgehead atoms. The van der Waals surface area contributed by atoms with Gasteiger partial charge in [0.1, 0.15) is 18.2 Å². The van der Waals surface area contributed by atoms with Crippen molar-refractivity contribution < 1.29 is 9.13 Å². The Bertz CT molecular complexity index is 877. The van der Waals surface area contributed by atoms with Crippen LogP contribution < -0.4 is 4.74 Å². The number of hydrogen-bond acceptors (Lipinski definition) is 4. The van der Waals surface area contributed by atoms with E-state index >= 15 is 0 Å². The van der Waals surface area contributed by atoms with Gasteiger partial charge in [-0.15, -0.1) is 16.8 Å². The van der Waals surface area contributed by atoms with Gasteiger partial charge in [-0.25, -0.2) is 4.39 Å².